The van der Waals surface area contributed by atoms with E-state index < -0.39 is 0 Å². The minimum absolute atomic E-state index is 0. The Morgan fingerprint density at radius 3 is 2.33 bits per heavy atom. The van der Waals surface area contributed by atoms with Gasteiger partial charge in [-0.3, -0.25) is 9.89 Å². The molecular weight excluding hydrogens is 489 g/mol. The highest BCUT2D eigenvalue weighted by Gasteiger charge is 2.21. The average molecular weight is 530 g/mol. The molecule has 0 amide bonds. The molecule has 0 spiro atoms. The first-order valence-corrected chi connectivity index (χ1v) is 11.3. The quantitative estimate of drug-likeness (QED) is 0.243. The maximum Gasteiger partial charge on any atom is 0.193 e. The molecule has 6 nitrogen and oxygen atoms in total. The van der Waals surface area contributed by atoms with Crippen molar-refractivity contribution >= 4 is 29.9 Å². The molecule has 0 saturated carbocycles. The molecule has 0 unspecified atom stereocenters. The van der Waals surface area contributed by atoms with E-state index in [0.717, 1.165) is 64.6 Å². The predicted octanol–water partition coefficient (Wildman–Crippen LogP) is 2.89. The topological polar surface area (TPSA) is 43.3 Å². The van der Waals surface area contributed by atoms with Gasteiger partial charge in [-0.25, -0.2) is 0 Å². The van der Waals surface area contributed by atoms with Gasteiger partial charge in [0.05, 0.1) is 6.10 Å². The number of ether oxygens (including phenoxy) is 1. The van der Waals surface area contributed by atoms with E-state index >= 15 is 0 Å². The van der Waals surface area contributed by atoms with Crippen LogP contribution in [0, 0.1) is 0 Å². The van der Waals surface area contributed by atoms with Gasteiger partial charge in [-0.15, -0.1) is 24.0 Å². The third-order valence-corrected chi connectivity index (χ3v) is 6.00. The molecule has 0 radical (unpaired) electrons. The molecule has 30 heavy (non-hydrogen) atoms. The van der Waals surface area contributed by atoms with Crippen molar-refractivity contribution < 1.29 is 4.74 Å². The minimum Gasteiger partial charge on any atom is -0.378 e. The highest BCUT2D eigenvalue weighted by molar-refractivity contribution is 14.0. The van der Waals surface area contributed by atoms with E-state index in [1.807, 2.05) is 7.05 Å². The van der Waals surface area contributed by atoms with Crippen molar-refractivity contribution in [3.05, 3.63) is 35.9 Å². The van der Waals surface area contributed by atoms with Gasteiger partial charge in [-0.05, 0) is 38.3 Å². The zero-order valence-electron chi connectivity index (χ0n) is 18.8. The van der Waals surface area contributed by atoms with Gasteiger partial charge in [0, 0.05) is 66.0 Å². The summed E-state index contributed by atoms with van der Waals surface area (Å²) in [6.07, 6.45) is 3.78. The molecule has 2 aliphatic rings. The number of halogens is 1. The van der Waals surface area contributed by atoms with E-state index in [1.54, 1.807) is 0 Å². The Morgan fingerprint density at radius 2 is 1.70 bits per heavy atom. The standard InChI is InChI=1S/C23H39N5O.HI/c1-3-29-22-10-14-28(15-11-22)23(24-2)25-12-7-13-26-16-18-27(19-17-26)20-21-8-5-4-6-9-21;/h4-6,8-9,22H,3,7,10-20H2,1-2H3,(H,24,25);1H. The second kappa shape index (κ2) is 14.2. The minimum atomic E-state index is 0. The van der Waals surface area contributed by atoms with Crippen molar-refractivity contribution in [2.24, 2.45) is 4.99 Å². The number of piperidine rings is 1. The van der Waals surface area contributed by atoms with Crippen LogP contribution in [0.5, 0.6) is 0 Å². The number of hydrogen-bond donors (Lipinski definition) is 1. The number of aliphatic imine (C=N–C) groups is 1. The molecule has 2 heterocycles. The van der Waals surface area contributed by atoms with E-state index in [-0.39, 0.29) is 24.0 Å². The van der Waals surface area contributed by atoms with Crippen LogP contribution in [0.4, 0.5) is 0 Å². The Morgan fingerprint density at radius 1 is 1.03 bits per heavy atom. The summed E-state index contributed by atoms with van der Waals surface area (Å²) in [7, 11) is 1.89. The summed E-state index contributed by atoms with van der Waals surface area (Å²) in [5.74, 6) is 1.05. The van der Waals surface area contributed by atoms with Gasteiger partial charge >= 0.3 is 0 Å². The summed E-state index contributed by atoms with van der Waals surface area (Å²) in [6, 6.07) is 10.8. The summed E-state index contributed by atoms with van der Waals surface area (Å²) in [4.78, 5) is 12.0. The van der Waals surface area contributed by atoms with Crippen molar-refractivity contribution in [1.82, 2.24) is 20.0 Å². The molecule has 1 N–H and O–H groups in total. The first-order valence-electron chi connectivity index (χ1n) is 11.3. The van der Waals surface area contributed by atoms with Crippen molar-refractivity contribution in [1.29, 1.82) is 0 Å². The monoisotopic (exact) mass is 529 g/mol. The maximum absolute atomic E-state index is 5.76. The number of hydrogen-bond acceptors (Lipinski definition) is 4. The molecule has 3 rings (SSSR count). The third-order valence-electron chi connectivity index (χ3n) is 6.00. The summed E-state index contributed by atoms with van der Waals surface area (Å²) in [6.45, 7) is 12.9. The van der Waals surface area contributed by atoms with Crippen LogP contribution in [-0.2, 0) is 11.3 Å². The summed E-state index contributed by atoms with van der Waals surface area (Å²) < 4.78 is 5.76. The van der Waals surface area contributed by atoms with Crippen LogP contribution >= 0.6 is 24.0 Å². The van der Waals surface area contributed by atoms with Gasteiger partial charge in [0.25, 0.3) is 0 Å². The molecule has 170 valence electrons. The maximum atomic E-state index is 5.76. The SMILES string of the molecule is CCOC1CCN(C(=NC)NCCCN2CCN(Cc3ccccc3)CC2)CC1.I. The Kier molecular flexibility index (Phi) is 12.0. The normalized spacial score (nSPS) is 19.5. The largest absolute Gasteiger partial charge is 0.378 e. The molecule has 0 aromatic heterocycles. The van der Waals surface area contributed by atoms with Crippen LogP contribution < -0.4 is 5.32 Å². The number of benzene rings is 1. The van der Waals surface area contributed by atoms with Gasteiger partial charge in [0.2, 0.25) is 0 Å². The van der Waals surface area contributed by atoms with Crippen LogP contribution in [0.2, 0.25) is 0 Å². The fourth-order valence-electron chi connectivity index (χ4n) is 4.32. The lowest BCUT2D eigenvalue weighted by Crippen LogP contribution is -2.48. The van der Waals surface area contributed by atoms with Gasteiger partial charge in [0.1, 0.15) is 0 Å². The number of piperazine rings is 1. The lowest BCUT2D eigenvalue weighted by molar-refractivity contribution is 0.0264. The molecule has 2 fully saturated rings. The highest BCUT2D eigenvalue weighted by atomic mass is 127. The van der Waals surface area contributed by atoms with E-state index in [9.17, 15) is 0 Å². The van der Waals surface area contributed by atoms with E-state index in [0.29, 0.717) is 6.10 Å². The molecule has 1 aromatic rings. The van der Waals surface area contributed by atoms with Crippen LogP contribution in [-0.4, -0.2) is 92.8 Å². The van der Waals surface area contributed by atoms with Gasteiger partial charge < -0.3 is 19.9 Å². The Hall–Kier alpha value is -0.900. The Balaban J connectivity index is 0.00000320. The zero-order chi connectivity index (χ0) is 20.3. The smallest absolute Gasteiger partial charge is 0.193 e. The van der Waals surface area contributed by atoms with E-state index in [1.165, 1.54) is 31.7 Å². The number of nitrogens with zero attached hydrogens (tertiary/aromatic N) is 4. The molecule has 7 heteroatoms. The molecule has 0 aliphatic carbocycles. The molecule has 2 aliphatic heterocycles. The first-order chi connectivity index (χ1) is 14.3. The van der Waals surface area contributed by atoms with Crippen LogP contribution in [0.25, 0.3) is 0 Å². The molecule has 1 aromatic carbocycles. The highest BCUT2D eigenvalue weighted by Crippen LogP contribution is 2.13. The second-order valence-electron chi connectivity index (χ2n) is 8.07. The van der Waals surface area contributed by atoms with Gasteiger partial charge in [-0.1, -0.05) is 30.3 Å². The van der Waals surface area contributed by atoms with Crippen molar-refractivity contribution in [2.75, 3.05) is 66.0 Å². The number of guanidine groups is 1. The van der Waals surface area contributed by atoms with Gasteiger partial charge in [0.15, 0.2) is 5.96 Å². The lowest BCUT2D eigenvalue weighted by Gasteiger charge is -2.35. The first kappa shape index (κ1) is 25.4. The zero-order valence-corrected chi connectivity index (χ0v) is 21.1. The van der Waals surface area contributed by atoms with Crippen molar-refractivity contribution in [3.8, 4) is 0 Å². The van der Waals surface area contributed by atoms with Crippen LogP contribution in [0.1, 0.15) is 31.7 Å². The van der Waals surface area contributed by atoms with E-state index in [4.69, 9.17) is 4.74 Å². The molecule has 2 saturated heterocycles. The average Bonchev–Trinajstić information content (AvgIpc) is 2.77. The fraction of sp³-hybridized carbons (Fsp3) is 0.696. The fourth-order valence-corrected chi connectivity index (χ4v) is 4.32. The summed E-state index contributed by atoms with van der Waals surface area (Å²) >= 11 is 0. The molecular formula is C23H40IN5O. The van der Waals surface area contributed by atoms with E-state index in [2.05, 4.69) is 62.3 Å². The number of likely N-dealkylation sites (tertiary alicyclic amines) is 1. The Labute approximate surface area is 200 Å². The van der Waals surface area contributed by atoms with Crippen molar-refractivity contribution in [2.45, 2.75) is 38.8 Å². The molecule has 0 atom stereocenters. The number of nitrogens with one attached hydrogen (secondary N) is 1. The predicted molar refractivity (Wildman–Crippen MR) is 136 cm³/mol. The second-order valence-corrected chi connectivity index (χ2v) is 8.07. The van der Waals surface area contributed by atoms with Crippen molar-refractivity contribution in [3.63, 3.8) is 0 Å². The van der Waals surface area contributed by atoms with Crippen LogP contribution in [0.3, 0.4) is 0 Å². The van der Waals surface area contributed by atoms with Crippen LogP contribution in [0.15, 0.2) is 35.3 Å². The van der Waals surface area contributed by atoms with Gasteiger partial charge in [-0.2, -0.15) is 0 Å². The summed E-state index contributed by atoms with van der Waals surface area (Å²) in [5, 5.41) is 3.57. The lowest BCUT2D eigenvalue weighted by atomic mass is 10.1. The number of rotatable bonds is 8. The molecule has 0 bridgehead atoms. The third kappa shape index (κ3) is 8.32. The summed E-state index contributed by atoms with van der Waals surface area (Å²) in [5.41, 5.74) is 1.42. The Bertz CT molecular complexity index is 599.